The van der Waals surface area contributed by atoms with Crippen LogP contribution in [-0.2, 0) is 0 Å². The third-order valence-corrected chi connectivity index (χ3v) is 4.10. The van der Waals surface area contributed by atoms with Crippen LogP contribution >= 0.6 is 22.9 Å². The van der Waals surface area contributed by atoms with Crippen LogP contribution in [0.1, 0.15) is 10.4 Å². The van der Waals surface area contributed by atoms with Crippen molar-refractivity contribution in [3.05, 3.63) is 52.1 Å². The minimum absolute atomic E-state index is 0.0222. The molecule has 1 N–H and O–H groups in total. The van der Waals surface area contributed by atoms with Crippen molar-refractivity contribution in [3.8, 4) is 10.6 Å². The molecule has 0 fully saturated rings. The summed E-state index contributed by atoms with van der Waals surface area (Å²) in [6.07, 6.45) is 0. The van der Waals surface area contributed by atoms with Gasteiger partial charge in [-0.15, -0.1) is 11.3 Å². The van der Waals surface area contributed by atoms with Crippen molar-refractivity contribution in [2.45, 2.75) is 0 Å². The molecule has 0 spiro atoms. The maximum atomic E-state index is 13.9. The highest BCUT2D eigenvalue weighted by Crippen LogP contribution is 2.32. The number of para-hydroxylation sites is 1. The van der Waals surface area contributed by atoms with Crippen LogP contribution < -0.4 is 0 Å². The number of carbonyl (C=O) groups is 1. The van der Waals surface area contributed by atoms with Crippen molar-refractivity contribution >= 4 is 39.8 Å². The second-order valence-electron chi connectivity index (χ2n) is 4.10. The lowest BCUT2D eigenvalue weighted by molar-refractivity contribution is 0.0699. The molecule has 0 atom stereocenters. The van der Waals surface area contributed by atoms with Crippen molar-refractivity contribution in [2.24, 2.45) is 0 Å². The van der Waals surface area contributed by atoms with Gasteiger partial charge in [0, 0.05) is 5.39 Å². The Morgan fingerprint density at radius 1 is 1.30 bits per heavy atom. The first-order valence-electron chi connectivity index (χ1n) is 5.64. The number of fused-ring (bicyclic) bond motifs is 1. The minimum Gasteiger partial charge on any atom is -0.478 e. The monoisotopic (exact) mass is 307 g/mol. The van der Waals surface area contributed by atoms with Crippen LogP contribution in [0, 0.1) is 5.82 Å². The lowest BCUT2D eigenvalue weighted by Crippen LogP contribution is -2.01. The molecule has 3 nitrogen and oxygen atoms in total. The molecule has 0 amide bonds. The molecular weight excluding hydrogens is 301 g/mol. The third kappa shape index (κ3) is 2.15. The Labute approximate surface area is 122 Å². The molecule has 3 rings (SSSR count). The molecular formula is C14H7ClFNO2S. The molecule has 20 heavy (non-hydrogen) atoms. The summed E-state index contributed by atoms with van der Waals surface area (Å²) in [4.78, 5) is 16.3. The van der Waals surface area contributed by atoms with E-state index in [0.717, 1.165) is 0 Å². The summed E-state index contributed by atoms with van der Waals surface area (Å²) in [5, 5.41) is 9.56. The van der Waals surface area contributed by atoms with Gasteiger partial charge in [-0.05, 0) is 24.3 Å². The first-order chi connectivity index (χ1) is 9.56. The Kier molecular flexibility index (Phi) is 3.16. The van der Waals surface area contributed by atoms with Gasteiger partial charge in [-0.25, -0.2) is 14.2 Å². The van der Waals surface area contributed by atoms with Crippen LogP contribution in [0.25, 0.3) is 21.5 Å². The van der Waals surface area contributed by atoms with E-state index in [9.17, 15) is 14.3 Å². The summed E-state index contributed by atoms with van der Waals surface area (Å²) in [5.74, 6) is -1.67. The van der Waals surface area contributed by atoms with E-state index in [2.05, 4.69) is 4.98 Å². The quantitative estimate of drug-likeness (QED) is 0.760. The summed E-state index contributed by atoms with van der Waals surface area (Å²) in [7, 11) is 0. The van der Waals surface area contributed by atoms with E-state index in [-0.39, 0.29) is 16.5 Å². The standard InChI is InChI=1S/C14H7ClFNO2S/c15-12-5-4-11(20-12)10-6-8(14(18)19)7-2-1-3-9(16)13(7)17-10/h1-6H,(H,18,19). The number of aromatic nitrogens is 1. The highest BCUT2D eigenvalue weighted by Gasteiger charge is 2.15. The molecule has 0 saturated carbocycles. The third-order valence-electron chi connectivity index (χ3n) is 2.85. The van der Waals surface area contributed by atoms with Crippen LogP contribution in [0.2, 0.25) is 4.34 Å². The van der Waals surface area contributed by atoms with Crippen LogP contribution in [0.3, 0.4) is 0 Å². The Balaban J connectivity index is 2.35. The van der Waals surface area contributed by atoms with Gasteiger partial charge in [0.15, 0.2) is 0 Å². The minimum atomic E-state index is -1.12. The highest BCUT2D eigenvalue weighted by atomic mass is 35.5. The molecule has 2 heterocycles. The van der Waals surface area contributed by atoms with E-state index in [1.807, 2.05) is 0 Å². The lowest BCUT2D eigenvalue weighted by atomic mass is 10.1. The number of carboxylic acids is 1. The van der Waals surface area contributed by atoms with Gasteiger partial charge in [-0.2, -0.15) is 0 Å². The van der Waals surface area contributed by atoms with Crippen molar-refractivity contribution in [1.82, 2.24) is 4.98 Å². The van der Waals surface area contributed by atoms with Gasteiger partial charge in [0.05, 0.1) is 20.5 Å². The second-order valence-corrected chi connectivity index (χ2v) is 5.82. The van der Waals surface area contributed by atoms with E-state index in [1.54, 1.807) is 18.2 Å². The van der Waals surface area contributed by atoms with Crippen molar-refractivity contribution in [1.29, 1.82) is 0 Å². The van der Waals surface area contributed by atoms with Gasteiger partial charge in [0.2, 0.25) is 0 Å². The number of aromatic carboxylic acids is 1. The molecule has 0 aliphatic rings. The second kappa shape index (κ2) is 4.85. The summed E-state index contributed by atoms with van der Waals surface area (Å²) < 4.78 is 14.4. The number of benzene rings is 1. The largest absolute Gasteiger partial charge is 0.478 e. The normalized spacial score (nSPS) is 10.9. The number of carboxylic acid groups (broad SMARTS) is 1. The predicted molar refractivity (Wildman–Crippen MR) is 77.0 cm³/mol. The first-order valence-corrected chi connectivity index (χ1v) is 6.84. The maximum absolute atomic E-state index is 13.9. The summed E-state index contributed by atoms with van der Waals surface area (Å²) in [6, 6.07) is 9.12. The molecule has 0 aliphatic carbocycles. The van der Waals surface area contributed by atoms with Gasteiger partial charge >= 0.3 is 5.97 Å². The zero-order valence-electron chi connectivity index (χ0n) is 9.93. The molecule has 1 aromatic carbocycles. The van der Waals surface area contributed by atoms with E-state index in [0.29, 0.717) is 14.9 Å². The fourth-order valence-electron chi connectivity index (χ4n) is 1.97. The lowest BCUT2D eigenvalue weighted by Gasteiger charge is -2.06. The number of hydrogen-bond donors (Lipinski definition) is 1. The van der Waals surface area contributed by atoms with Gasteiger partial charge < -0.3 is 5.11 Å². The van der Waals surface area contributed by atoms with Gasteiger partial charge in [0.1, 0.15) is 11.3 Å². The van der Waals surface area contributed by atoms with Crippen LogP contribution in [0.4, 0.5) is 4.39 Å². The van der Waals surface area contributed by atoms with Gasteiger partial charge in [-0.3, -0.25) is 0 Å². The number of halogens is 2. The van der Waals surface area contributed by atoms with E-state index < -0.39 is 11.8 Å². The number of pyridine rings is 1. The fraction of sp³-hybridized carbons (Fsp3) is 0. The molecule has 100 valence electrons. The van der Waals surface area contributed by atoms with Gasteiger partial charge in [0.25, 0.3) is 0 Å². The Morgan fingerprint density at radius 2 is 2.10 bits per heavy atom. The average molecular weight is 308 g/mol. The molecule has 0 saturated heterocycles. The first kappa shape index (κ1) is 13.0. The van der Waals surface area contributed by atoms with Crippen LogP contribution in [0.5, 0.6) is 0 Å². The SMILES string of the molecule is O=C(O)c1cc(-c2ccc(Cl)s2)nc2c(F)cccc12. The van der Waals surface area contributed by atoms with Crippen molar-refractivity contribution in [3.63, 3.8) is 0 Å². The van der Waals surface area contributed by atoms with Crippen molar-refractivity contribution < 1.29 is 14.3 Å². The average Bonchev–Trinajstić information content (AvgIpc) is 2.85. The maximum Gasteiger partial charge on any atom is 0.336 e. The molecule has 0 unspecified atom stereocenters. The Morgan fingerprint density at radius 3 is 2.75 bits per heavy atom. The van der Waals surface area contributed by atoms with Crippen LogP contribution in [0.15, 0.2) is 36.4 Å². The highest BCUT2D eigenvalue weighted by molar-refractivity contribution is 7.19. The number of rotatable bonds is 2. The molecule has 3 aromatic rings. The molecule has 6 heteroatoms. The number of nitrogens with zero attached hydrogens (tertiary/aromatic N) is 1. The molecule has 0 radical (unpaired) electrons. The Bertz CT molecular complexity index is 831. The van der Waals surface area contributed by atoms with E-state index in [4.69, 9.17) is 11.6 Å². The summed E-state index contributed by atoms with van der Waals surface area (Å²) in [5.41, 5.74) is 0.470. The van der Waals surface area contributed by atoms with Crippen LogP contribution in [-0.4, -0.2) is 16.1 Å². The van der Waals surface area contributed by atoms with E-state index >= 15 is 0 Å². The van der Waals surface area contributed by atoms with E-state index in [1.165, 1.54) is 29.5 Å². The molecule has 0 bridgehead atoms. The Hall–Kier alpha value is -1.98. The topological polar surface area (TPSA) is 50.2 Å². The molecule has 2 aromatic heterocycles. The van der Waals surface area contributed by atoms with Crippen molar-refractivity contribution in [2.75, 3.05) is 0 Å². The number of hydrogen-bond acceptors (Lipinski definition) is 3. The summed E-state index contributed by atoms with van der Waals surface area (Å²) >= 11 is 7.13. The fourth-order valence-corrected chi connectivity index (χ4v) is 2.97. The zero-order valence-corrected chi connectivity index (χ0v) is 11.5. The predicted octanol–water partition coefficient (Wildman–Crippen LogP) is 4.45. The zero-order chi connectivity index (χ0) is 14.3. The van der Waals surface area contributed by atoms with Gasteiger partial charge in [-0.1, -0.05) is 23.7 Å². The summed E-state index contributed by atoms with van der Waals surface area (Å²) in [6.45, 7) is 0. The number of thiophene rings is 1. The molecule has 0 aliphatic heterocycles. The smallest absolute Gasteiger partial charge is 0.336 e.